The van der Waals surface area contributed by atoms with E-state index in [0.717, 1.165) is 0 Å². The van der Waals surface area contributed by atoms with Crippen LogP contribution >= 0.6 is 15.9 Å². The number of benzene rings is 1. The van der Waals surface area contributed by atoms with Crippen LogP contribution in [-0.4, -0.2) is 35.0 Å². The number of nitrogens with two attached hydrogens (primary N) is 1. The monoisotopic (exact) mass is 314 g/mol. The Balaban J connectivity index is 2.93. The number of amides is 1. The highest BCUT2D eigenvalue weighted by atomic mass is 79.9. The summed E-state index contributed by atoms with van der Waals surface area (Å²) in [5, 5.41) is 8.78. The number of anilines is 1. The smallest absolute Gasteiger partial charge is 0.323 e. The molecule has 0 bridgehead atoms. The quantitative estimate of drug-likeness (QED) is 0.814. The van der Waals surface area contributed by atoms with Gasteiger partial charge in [0.25, 0.3) is 5.91 Å². The van der Waals surface area contributed by atoms with Gasteiger partial charge in [-0.25, -0.2) is 0 Å². The van der Waals surface area contributed by atoms with E-state index in [4.69, 9.17) is 10.8 Å². The van der Waals surface area contributed by atoms with Crippen LogP contribution in [0.15, 0.2) is 22.7 Å². The van der Waals surface area contributed by atoms with Crippen LogP contribution in [0, 0.1) is 0 Å². The summed E-state index contributed by atoms with van der Waals surface area (Å²) in [6.07, 6.45) is 0.704. The lowest BCUT2D eigenvalue weighted by Crippen LogP contribution is -2.36. The van der Waals surface area contributed by atoms with E-state index in [1.165, 1.54) is 4.90 Å². The number of aliphatic carboxylic acids is 1. The van der Waals surface area contributed by atoms with Crippen LogP contribution < -0.4 is 5.73 Å². The number of nitrogen functional groups attached to an aromatic ring is 1. The van der Waals surface area contributed by atoms with Crippen molar-refractivity contribution in [3.63, 3.8) is 0 Å². The number of carbonyl (C=O) groups excluding carboxylic acids is 1. The maximum atomic E-state index is 12.1. The van der Waals surface area contributed by atoms with E-state index in [1.807, 2.05) is 6.92 Å². The average Bonchev–Trinajstić information content (AvgIpc) is 2.31. The summed E-state index contributed by atoms with van der Waals surface area (Å²) in [6.45, 7) is 2.00. The van der Waals surface area contributed by atoms with Crippen LogP contribution in [0.3, 0.4) is 0 Å². The van der Waals surface area contributed by atoms with E-state index in [1.54, 1.807) is 18.2 Å². The lowest BCUT2D eigenvalue weighted by atomic mass is 10.1. The lowest BCUT2D eigenvalue weighted by Gasteiger charge is -2.20. The van der Waals surface area contributed by atoms with Crippen molar-refractivity contribution < 1.29 is 14.7 Å². The molecule has 1 amide bonds. The molecule has 1 aromatic rings. The van der Waals surface area contributed by atoms with Crippen LogP contribution in [0.5, 0.6) is 0 Å². The van der Waals surface area contributed by atoms with E-state index >= 15 is 0 Å². The average molecular weight is 315 g/mol. The first-order chi connectivity index (χ1) is 8.45. The van der Waals surface area contributed by atoms with Gasteiger partial charge in [0, 0.05) is 22.3 Å². The fraction of sp³-hybridized carbons (Fsp3) is 0.333. The second-order valence-electron chi connectivity index (χ2n) is 3.86. The van der Waals surface area contributed by atoms with Crippen molar-refractivity contribution in [1.82, 2.24) is 4.90 Å². The van der Waals surface area contributed by atoms with Crippen molar-refractivity contribution in [3.8, 4) is 0 Å². The normalized spacial score (nSPS) is 10.1. The van der Waals surface area contributed by atoms with Gasteiger partial charge in [-0.05, 0) is 40.5 Å². The predicted molar refractivity (Wildman–Crippen MR) is 72.4 cm³/mol. The Morgan fingerprint density at radius 1 is 1.44 bits per heavy atom. The first-order valence-electron chi connectivity index (χ1n) is 5.51. The summed E-state index contributed by atoms with van der Waals surface area (Å²) < 4.78 is 0.625. The first kappa shape index (κ1) is 14.5. The molecule has 0 atom stereocenters. The molecule has 0 spiro atoms. The number of hydrogen-bond acceptors (Lipinski definition) is 3. The molecule has 0 unspecified atom stereocenters. The number of hydrogen-bond donors (Lipinski definition) is 2. The molecule has 0 heterocycles. The van der Waals surface area contributed by atoms with Crippen molar-refractivity contribution >= 4 is 33.5 Å². The SMILES string of the molecule is CCCN(CC(=O)O)C(=O)c1ccc(N)c(Br)c1. The predicted octanol–water partition coefficient (Wildman–Crippen LogP) is 1.97. The zero-order valence-electron chi connectivity index (χ0n) is 10.0. The maximum absolute atomic E-state index is 12.1. The molecule has 18 heavy (non-hydrogen) atoms. The van der Waals surface area contributed by atoms with Gasteiger partial charge in [0.05, 0.1) is 0 Å². The van der Waals surface area contributed by atoms with E-state index < -0.39 is 5.97 Å². The largest absolute Gasteiger partial charge is 0.480 e. The molecule has 6 heteroatoms. The molecule has 98 valence electrons. The summed E-state index contributed by atoms with van der Waals surface area (Å²) >= 11 is 3.24. The van der Waals surface area contributed by atoms with Crippen molar-refractivity contribution in [2.45, 2.75) is 13.3 Å². The van der Waals surface area contributed by atoms with Gasteiger partial charge in [-0.2, -0.15) is 0 Å². The van der Waals surface area contributed by atoms with E-state index in [2.05, 4.69) is 15.9 Å². The minimum atomic E-state index is -1.02. The number of rotatable bonds is 5. The van der Waals surface area contributed by atoms with E-state index in [0.29, 0.717) is 28.7 Å². The number of carbonyl (C=O) groups is 2. The second kappa shape index (κ2) is 6.39. The number of carboxylic acids is 1. The van der Waals surface area contributed by atoms with Crippen LogP contribution in [-0.2, 0) is 4.79 Å². The third-order valence-electron chi connectivity index (χ3n) is 2.35. The van der Waals surface area contributed by atoms with Crippen molar-refractivity contribution in [1.29, 1.82) is 0 Å². The van der Waals surface area contributed by atoms with Crippen LogP contribution in [0.1, 0.15) is 23.7 Å². The summed E-state index contributed by atoms with van der Waals surface area (Å²) in [6, 6.07) is 4.80. The maximum Gasteiger partial charge on any atom is 0.323 e. The highest BCUT2D eigenvalue weighted by Gasteiger charge is 2.18. The Morgan fingerprint density at radius 2 is 2.11 bits per heavy atom. The van der Waals surface area contributed by atoms with Crippen LogP contribution in [0.2, 0.25) is 0 Å². The molecule has 0 radical (unpaired) electrons. The molecule has 1 aromatic carbocycles. The molecule has 1 rings (SSSR count). The summed E-state index contributed by atoms with van der Waals surface area (Å²) in [4.78, 5) is 24.2. The Labute approximate surface area is 114 Å². The van der Waals surface area contributed by atoms with Crippen molar-refractivity contribution in [2.75, 3.05) is 18.8 Å². The second-order valence-corrected chi connectivity index (χ2v) is 4.71. The molecule has 0 aromatic heterocycles. The zero-order chi connectivity index (χ0) is 13.7. The van der Waals surface area contributed by atoms with Crippen LogP contribution in [0.25, 0.3) is 0 Å². The van der Waals surface area contributed by atoms with Gasteiger partial charge in [0.2, 0.25) is 0 Å². The van der Waals surface area contributed by atoms with Gasteiger partial charge in [0.1, 0.15) is 6.54 Å². The topological polar surface area (TPSA) is 83.6 Å². The minimum Gasteiger partial charge on any atom is -0.480 e. The minimum absolute atomic E-state index is 0.297. The highest BCUT2D eigenvalue weighted by molar-refractivity contribution is 9.10. The molecular formula is C12H15BrN2O3. The molecule has 5 nitrogen and oxygen atoms in total. The van der Waals surface area contributed by atoms with E-state index in [9.17, 15) is 9.59 Å². The molecule has 0 fully saturated rings. The van der Waals surface area contributed by atoms with E-state index in [-0.39, 0.29) is 12.5 Å². The van der Waals surface area contributed by atoms with Gasteiger partial charge in [0.15, 0.2) is 0 Å². The van der Waals surface area contributed by atoms with Gasteiger partial charge < -0.3 is 15.7 Å². The molecule has 0 saturated heterocycles. The van der Waals surface area contributed by atoms with Gasteiger partial charge in [-0.15, -0.1) is 0 Å². The third-order valence-corrected chi connectivity index (χ3v) is 3.04. The Bertz CT molecular complexity index is 463. The highest BCUT2D eigenvalue weighted by Crippen LogP contribution is 2.21. The molecule has 0 aliphatic heterocycles. The van der Waals surface area contributed by atoms with Gasteiger partial charge in [-0.1, -0.05) is 6.92 Å². The zero-order valence-corrected chi connectivity index (χ0v) is 11.6. The fourth-order valence-electron chi connectivity index (χ4n) is 1.53. The third kappa shape index (κ3) is 3.73. The van der Waals surface area contributed by atoms with Crippen molar-refractivity contribution in [3.05, 3.63) is 28.2 Å². The Morgan fingerprint density at radius 3 is 2.61 bits per heavy atom. The molecule has 3 N–H and O–H groups in total. The van der Waals surface area contributed by atoms with Gasteiger partial charge >= 0.3 is 5.97 Å². The Kier molecular flexibility index (Phi) is 5.15. The molecular weight excluding hydrogens is 300 g/mol. The first-order valence-corrected chi connectivity index (χ1v) is 6.31. The van der Waals surface area contributed by atoms with Crippen molar-refractivity contribution in [2.24, 2.45) is 0 Å². The van der Waals surface area contributed by atoms with Crippen LogP contribution in [0.4, 0.5) is 5.69 Å². The number of halogens is 1. The number of carboxylic acid groups (broad SMARTS) is 1. The summed E-state index contributed by atoms with van der Waals surface area (Å²) in [7, 11) is 0. The molecule has 0 aliphatic rings. The number of nitrogens with zero attached hydrogens (tertiary/aromatic N) is 1. The fourth-order valence-corrected chi connectivity index (χ4v) is 1.91. The molecule has 0 aliphatic carbocycles. The Hall–Kier alpha value is -1.56. The van der Waals surface area contributed by atoms with Gasteiger partial charge in [-0.3, -0.25) is 9.59 Å². The summed E-state index contributed by atoms with van der Waals surface area (Å²) in [5.41, 5.74) is 6.59. The molecule has 0 saturated carbocycles. The lowest BCUT2D eigenvalue weighted by molar-refractivity contribution is -0.137. The standard InChI is InChI=1S/C12H15BrN2O3/c1-2-5-15(7-11(16)17)12(18)8-3-4-10(14)9(13)6-8/h3-4,6H,2,5,7,14H2,1H3,(H,16,17). The summed E-state index contributed by atoms with van der Waals surface area (Å²) in [5.74, 6) is -1.33.